The van der Waals surface area contributed by atoms with E-state index < -0.39 is 0 Å². The smallest absolute Gasteiger partial charge is 0.213 e. The number of rotatable bonds is 6. The first kappa shape index (κ1) is 11.7. The Bertz CT molecular complexity index is 440. The lowest BCUT2D eigenvalue weighted by Gasteiger charge is -2.06. The lowest BCUT2D eigenvalue weighted by molar-refractivity contribution is 0.260. The maximum absolute atomic E-state index is 5.54. The van der Waals surface area contributed by atoms with Gasteiger partial charge >= 0.3 is 0 Å². The molecule has 1 N–H and O–H groups in total. The zero-order valence-corrected chi connectivity index (χ0v) is 9.85. The highest BCUT2D eigenvalue weighted by Gasteiger charge is 2.00. The van der Waals surface area contributed by atoms with Gasteiger partial charge in [0.2, 0.25) is 5.88 Å². The van der Waals surface area contributed by atoms with Gasteiger partial charge in [0, 0.05) is 12.6 Å². The minimum Gasteiger partial charge on any atom is -0.469 e. The molecule has 0 bridgehead atoms. The van der Waals surface area contributed by atoms with Crippen molar-refractivity contribution in [3.8, 4) is 5.88 Å². The fraction of sp³-hybridized carbons (Fsp3) is 0.308. The third kappa shape index (κ3) is 3.60. The van der Waals surface area contributed by atoms with E-state index in [0.717, 1.165) is 24.5 Å². The summed E-state index contributed by atoms with van der Waals surface area (Å²) in [5.41, 5.74) is 0.976. The van der Waals surface area contributed by atoms with Crippen molar-refractivity contribution in [2.45, 2.75) is 20.1 Å². The Hall–Kier alpha value is -1.81. The summed E-state index contributed by atoms with van der Waals surface area (Å²) in [6.07, 6.45) is 1.63. The third-order valence-corrected chi connectivity index (χ3v) is 2.28. The first-order valence-corrected chi connectivity index (χ1v) is 5.70. The molecule has 2 rings (SSSR count). The van der Waals surface area contributed by atoms with E-state index in [0.29, 0.717) is 12.5 Å². The second-order valence-corrected chi connectivity index (χ2v) is 3.62. The fourth-order valence-corrected chi connectivity index (χ4v) is 1.43. The quantitative estimate of drug-likeness (QED) is 0.830. The Morgan fingerprint density at radius 2 is 2.24 bits per heavy atom. The number of hydrogen-bond donors (Lipinski definition) is 1. The van der Waals surface area contributed by atoms with Crippen LogP contribution in [0.3, 0.4) is 0 Å². The van der Waals surface area contributed by atoms with Gasteiger partial charge in [-0.15, -0.1) is 0 Å². The van der Waals surface area contributed by atoms with Gasteiger partial charge < -0.3 is 14.5 Å². The Morgan fingerprint density at radius 1 is 1.29 bits per heavy atom. The minimum atomic E-state index is 0.407. The summed E-state index contributed by atoms with van der Waals surface area (Å²) in [5, 5.41) is 3.22. The molecule has 0 aromatic carbocycles. The number of nitrogens with one attached hydrogen (secondary N) is 1. The summed E-state index contributed by atoms with van der Waals surface area (Å²) < 4.78 is 10.7. The van der Waals surface area contributed by atoms with Crippen molar-refractivity contribution in [2.75, 3.05) is 6.54 Å². The number of furan rings is 1. The van der Waals surface area contributed by atoms with E-state index in [2.05, 4.69) is 17.2 Å². The zero-order chi connectivity index (χ0) is 11.9. The molecule has 2 heterocycles. The first-order valence-electron chi connectivity index (χ1n) is 5.70. The van der Waals surface area contributed by atoms with Crippen molar-refractivity contribution in [3.63, 3.8) is 0 Å². The molecule has 0 spiro atoms. The van der Waals surface area contributed by atoms with E-state index >= 15 is 0 Å². The monoisotopic (exact) mass is 232 g/mol. The van der Waals surface area contributed by atoms with Crippen molar-refractivity contribution in [2.24, 2.45) is 0 Å². The van der Waals surface area contributed by atoms with Crippen LogP contribution in [-0.4, -0.2) is 11.5 Å². The highest BCUT2D eigenvalue weighted by molar-refractivity contribution is 5.16. The average Bonchev–Trinajstić information content (AvgIpc) is 2.87. The van der Waals surface area contributed by atoms with Gasteiger partial charge in [-0.3, -0.25) is 0 Å². The maximum atomic E-state index is 5.54. The largest absolute Gasteiger partial charge is 0.469 e. The Morgan fingerprint density at radius 3 is 3.00 bits per heavy atom. The second-order valence-electron chi connectivity index (χ2n) is 3.62. The van der Waals surface area contributed by atoms with Gasteiger partial charge in [0.25, 0.3) is 0 Å². The summed E-state index contributed by atoms with van der Waals surface area (Å²) in [6, 6.07) is 9.48. The van der Waals surface area contributed by atoms with E-state index in [1.165, 1.54) is 0 Å². The van der Waals surface area contributed by atoms with Crippen LogP contribution >= 0.6 is 0 Å². The maximum Gasteiger partial charge on any atom is 0.213 e. The highest BCUT2D eigenvalue weighted by atomic mass is 16.5. The van der Waals surface area contributed by atoms with E-state index in [9.17, 15) is 0 Å². The van der Waals surface area contributed by atoms with Gasteiger partial charge in [0.05, 0.1) is 12.0 Å². The fourth-order valence-electron chi connectivity index (χ4n) is 1.43. The van der Waals surface area contributed by atoms with Crippen LogP contribution in [0.5, 0.6) is 5.88 Å². The van der Waals surface area contributed by atoms with E-state index in [-0.39, 0.29) is 0 Å². The van der Waals surface area contributed by atoms with Gasteiger partial charge in [-0.1, -0.05) is 13.0 Å². The molecule has 0 aliphatic heterocycles. The molecule has 0 saturated carbocycles. The van der Waals surface area contributed by atoms with Crippen molar-refractivity contribution in [1.29, 1.82) is 0 Å². The molecular formula is C13H16N2O2. The molecule has 4 heteroatoms. The molecule has 2 aromatic rings. The molecule has 0 aliphatic carbocycles. The molecular weight excluding hydrogens is 216 g/mol. The van der Waals surface area contributed by atoms with Crippen LogP contribution in [-0.2, 0) is 13.2 Å². The SMILES string of the molecule is CCNCc1cccc(OCc2ccco2)n1. The third-order valence-electron chi connectivity index (χ3n) is 2.28. The summed E-state index contributed by atoms with van der Waals surface area (Å²) in [4.78, 5) is 4.38. The Balaban J connectivity index is 1.91. The van der Waals surface area contributed by atoms with Gasteiger partial charge in [-0.2, -0.15) is 0 Å². The lowest BCUT2D eigenvalue weighted by Crippen LogP contribution is -2.13. The van der Waals surface area contributed by atoms with E-state index in [1.54, 1.807) is 6.26 Å². The molecule has 4 nitrogen and oxygen atoms in total. The predicted molar refractivity (Wildman–Crippen MR) is 64.7 cm³/mol. The summed E-state index contributed by atoms with van der Waals surface area (Å²) in [6.45, 7) is 4.16. The number of ether oxygens (including phenoxy) is 1. The van der Waals surface area contributed by atoms with Gasteiger partial charge in [0.15, 0.2) is 0 Å². The first-order chi connectivity index (χ1) is 8.38. The minimum absolute atomic E-state index is 0.407. The summed E-state index contributed by atoms with van der Waals surface area (Å²) >= 11 is 0. The van der Waals surface area contributed by atoms with E-state index in [1.807, 2.05) is 30.3 Å². The Kier molecular flexibility index (Phi) is 4.16. The van der Waals surface area contributed by atoms with E-state index in [4.69, 9.17) is 9.15 Å². The zero-order valence-electron chi connectivity index (χ0n) is 9.85. The van der Waals surface area contributed by atoms with Gasteiger partial charge in [-0.05, 0) is 24.7 Å². The topological polar surface area (TPSA) is 47.3 Å². The molecule has 0 saturated heterocycles. The second kappa shape index (κ2) is 6.06. The molecule has 0 fully saturated rings. The van der Waals surface area contributed by atoms with Crippen LogP contribution in [0.1, 0.15) is 18.4 Å². The standard InChI is InChI=1S/C13H16N2O2/c1-2-14-9-11-5-3-7-13(15-11)17-10-12-6-4-8-16-12/h3-8,14H,2,9-10H2,1H3. The van der Waals surface area contributed by atoms with Crippen molar-refractivity contribution >= 4 is 0 Å². The van der Waals surface area contributed by atoms with Crippen LogP contribution in [0.4, 0.5) is 0 Å². The number of aromatic nitrogens is 1. The van der Waals surface area contributed by atoms with Gasteiger partial charge in [-0.25, -0.2) is 4.98 Å². The molecule has 2 aromatic heterocycles. The highest BCUT2D eigenvalue weighted by Crippen LogP contribution is 2.10. The van der Waals surface area contributed by atoms with Crippen LogP contribution in [0, 0.1) is 0 Å². The van der Waals surface area contributed by atoms with Crippen LogP contribution in [0.2, 0.25) is 0 Å². The molecule has 0 atom stereocenters. The Labute approximate surface area is 101 Å². The van der Waals surface area contributed by atoms with Gasteiger partial charge in [0.1, 0.15) is 12.4 Å². The summed E-state index contributed by atoms with van der Waals surface area (Å²) in [7, 11) is 0. The average molecular weight is 232 g/mol. The van der Waals surface area contributed by atoms with Crippen LogP contribution in [0.15, 0.2) is 41.0 Å². The molecule has 0 aliphatic rings. The molecule has 17 heavy (non-hydrogen) atoms. The lowest BCUT2D eigenvalue weighted by atomic mass is 10.3. The molecule has 90 valence electrons. The van der Waals surface area contributed by atoms with Crippen LogP contribution < -0.4 is 10.1 Å². The number of pyridine rings is 1. The van der Waals surface area contributed by atoms with Crippen molar-refractivity contribution < 1.29 is 9.15 Å². The normalized spacial score (nSPS) is 10.4. The number of hydrogen-bond acceptors (Lipinski definition) is 4. The molecule has 0 amide bonds. The van der Waals surface area contributed by atoms with Crippen LogP contribution in [0.25, 0.3) is 0 Å². The summed E-state index contributed by atoms with van der Waals surface area (Å²) in [5.74, 6) is 1.42. The molecule has 0 radical (unpaired) electrons. The van der Waals surface area contributed by atoms with Crippen molar-refractivity contribution in [3.05, 3.63) is 48.0 Å². The van der Waals surface area contributed by atoms with Crippen molar-refractivity contribution in [1.82, 2.24) is 10.3 Å². The molecule has 0 unspecified atom stereocenters. The predicted octanol–water partition coefficient (Wildman–Crippen LogP) is 2.36. The number of nitrogens with zero attached hydrogens (tertiary/aromatic N) is 1.